The molecule has 31 heavy (non-hydrogen) atoms. The molecule has 1 N–H and O–H groups in total. The molecular weight excluding hydrogens is 439 g/mol. The number of ether oxygens (including phenoxy) is 1. The minimum atomic E-state index is -3.67. The molecule has 0 saturated carbocycles. The smallest absolute Gasteiger partial charge is 0.251 e. The van der Waals surface area contributed by atoms with Crippen LogP contribution in [0, 0.1) is 5.82 Å². The molecule has 166 valence electrons. The Bertz CT molecular complexity index is 1070. The Kier molecular flexibility index (Phi) is 6.39. The van der Waals surface area contributed by atoms with Gasteiger partial charge in [0.2, 0.25) is 10.0 Å². The zero-order valence-electron chi connectivity index (χ0n) is 17.4. The summed E-state index contributed by atoms with van der Waals surface area (Å²) in [6, 6.07) is 10.6. The van der Waals surface area contributed by atoms with Crippen LogP contribution >= 0.6 is 11.8 Å². The van der Waals surface area contributed by atoms with Crippen molar-refractivity contribution in [3.8, 4) is 0 Å². The van der Waals surface area contributed by atoms with Gasteiger partial charge in [-0.1, -0.05) is 12.1 Å². The Hall–Kier alpha value is -1.94. The summed E-state index contributed by atoms with van der Waals surface area (Å²) < 4.78 is 47.1. The molecule has 1 fully saturated rings. The highest BCUT2D eigenvalue weighted by Gasteiger charge is 2.32. The van der Waals surface area contributed by atoms with Gasteiger partial charge in [-0.3, -0.25) is 4.79 Å². The third-order valence-corrected chi connectivity index (χ3v) is 8.48. The molecular formula is C22H25FN2O4S2. The van der Waals surface area contributed by atoms with Crippen molar-refractivity contribution in [2.24, 2.45) is 0 Å². The van der Waals surface area contributed by atoms with Crippen LogP contribution in [0.15, 0.2) is 52.3 Å². The first-order chi connectivity index (χ1) is 14.8. The number of rotatable bonds is 4. The normalized spacial score (nSPS) is 24.4. The number of hydrogen-bond acceptors (Lipinski definition) is 5. The lowest BCUT2D eigenvalue weighted by atomic mass is 10.0. The van der Waals surface area contributed by atoms with E-state index in [1.165, 1.54) is 46.4 Å². The van der Waals surface area contributed by atoms with Crippen molar-refractivity contribution in [2.45, 2.75) is 48.3 Å². The minimum absolute atomic E-state index is 0.145. The van der Waals surface area contributed by atoms with Crippen LogP contribution in [0.25, 0.3) is 0 Å². The predicted molar refractivity (Wildman–Crippen MR) is 117 cm³/mol. The van der Waals surface area contributed by atoms with E-state index in [2.05, 4.69) is 5.32 Å². The summed E-state index contributed by atoms with van der Waals surface area (Å²) >= 11 is 1.45. The summed E-state index contributed by atoms with van der Waals surface area (Å²) in [5.74, 6) is 0.124. The molecule has 0 radical (unpaired) electrons. The van der Waals surface area contributed by atoms with Crippen LogP contribution < -0.4 is 5.32 Å². The van der Waals surface area contributed by atoms with E-state index in [1.54, 1.807) is 6.07 Å². The quantitative estimate of drug-likeness (QED) is 0.749. The monoisotopic (exact) mass is 464 g/mol. The Morgan fingerprint density at radius 3 is 2.48 bits per heavy atom. The van der Waals surface area contributed by atoms with Crippen LogP contribution in [0.4, 0.5) is 4.39 Å². The Morgan fingerprint density at radius 2 is 1.81 bits per heavy atom. The number of carbonyl (C=O) groups is 1. The summed E-state index contributed by atoms with van der Waals surface area (Å²) in [6.07, 6.45) is 0.349. The van der Waals surface area contributed by atoms with Crippen LogP contribution in [0.3, 0.4) is 0 Å². The van der Waals surface area contributed by atoms with Gasteiger partial charge in [0.05, 0.1) is 23.1 Å². The van der Waals surface area contributed by atoms with Gasteiger partial charge in [0.15, 0.2) is 0 Å². The highest BCUT2D eigenvalue weighted by molar-refractivity contribution is 7.99. The van der Waals surface area contributed by atoms with Gasteiger partial charge in [0.1, 0.15) is 5.82 Å². The zero-order valence-corrected chi connectivity index (χ0v) is 19.0. The standard InChI is InChI=1S/C22H25FN2O4S2/c1-14-12-25(13-15(2)29-14)31(27,28)17-8-6-16(7-9-17)22(26)24-20-10-11-30-21-18(20)4-3-5-19(21)23/h3-9,14-15,20H,10-13H2,1-2H3,(H,24,26)/t14-,15-,20+/m1/s1. The maximum atomic E-state index is 14.1. The fourth-order valence-corrected chi connectivity index (χ4v) is 6.76. The topological polar surface area (TPSA) is 75.7 Å². The Balaban J connectivity index is 1.49. The lowest BCUT2D eigenvalue weighted by Gasteiger charge is -2.34. The first-order valence-electron chi connectivity index (χ1n) is 10.2. The first-order valence-corrected chi connectivity index (χ1v) is 12.7. The molecule has 2 aliphatic heterocycles. The van der Waals surface area contributed by atoms with Gasteiger partial charge in [-0.15, -0.1) is 11.8 Å². The number of benzene rings is 2. The SMILES string of the molecule is C[C@@H]1CN(S(=O)(=O)c2ccc(C(=O)N[C@H]3CCSc4c(F)cccc43)cc2)C[C@@H](C)O1. The second kappa shape index (κ2) is 8.90. The summed E-state index contributed by atoms with van der Waals surface area (Å²) in [6.45, 7) is 4.29. The van der Waals surface area contributed by atoms with Crippen LogP contribution in [0.5, 0.6) is 0 Å². The Morgan fingerprint density at radius 1 is 1.13 bits per heavy atom. The van der Waals surface area contributed by atoms with Gasteiger partial charge in [0, 0.05) is 29.3 Å². The number of sulfonamides is 1. The number of amides is 1. The lowest BCUT2D eigenvalue weighted by molar-refractivity contribution is -0.0440. The maximum absolute atomic E-state index is 14.1. The van der Waals surface area contributed by atoms with Crippen LogP contribution in [0.1, 0.15) is 42.2 Å². The van der Waals surface area contributed by atoms with E-state index in [1.807, 2.05) is 19.9 Å². The molecule has 1 amide bonds. The zero-order chi connectivity index (χ0) is 22.2. The largest absolute Gasteiger partial charge is 0.373 e. The number of morpholine rings is 1. The van der Waals surface area contributed by atoms with E-state index < -0.39 is 10.0 Å². The lowest BCUT2D eigenvalue weighted by Crippen LogP contribution is -2.48. The van der Waals surface area contributed by atoms with E-state index in [0.29, 0.717) is 35.7 Å². The van der Waals surface area contributed by atoms with E-state index in [9.17, 15) is 17.6 Å². The highest BCUT2D eigenvalue weighted by Crippen LogP contribution is 2.37. The second-order valence-electron chi connectivity index (χ2n) is 7.93. The maximum Gasteiger partial charge on any atom is 0.251 e. The molecule has 6 nitrogen and oxygen atoms in total. The summed E-state index contributed by atoms with van der Waals surface area (Å²) in [4.78, 5) is 13.5. The molecule has 9 heteroatoms. The predicted octanol–water partition coefficient (Wildman–Crippen LogP) is 3.59. The van der Waals surface area contributed by atoms with Crippen LogP contribution in [-0.4, -0.2) is 49.7 Å². The van der Waals surface area contributed by atoms with Gasteiger partial charge in [0.25, 0.3) is 5.91 Å². The summed E-state index contributed by atoms with van der Waals surface area (Å²) in [5.41, 5.74) is 1.14. The van der Waals surface area contributed by atoms with Gasteiger partial charge >= 0.3 is 0 Å². The molecule has 0 aliphatic carbocycles. The molecule has 3 atom stereocenters. The molecule has 2 heterocycles. The van der Waals surface area contributed by atoms with Crippen molar-refractivity contribution >= 4 is 27.7 Å². The number of nitrogens with zero attached hydrogens (tertiary/aromatic N) is 1. The minimum Gasteiger partial charge on any atom is -0.373 e. The Labute approximate surface area is 186 Å². The molecule has 0 spiro atoms. The number of carbonyl (C=O) groups excluding carboxylic acids is 1. The van der Waals surface area contributed by atoms with Crippen molar-refractivity contribution in [1.29, 1.82) is 0 Å². The van der Waals surface area contributed by atoms with E-state index in [-0.39, 0.29) is 34.9 Å². The first kappa shape index (κ1) is 22.3. The molecule has 1 saturated heterocycles. The van der Waals surface area contributed by atoms with Gasteiger partial charge in [-0.05, 0) is 56.2 Å². The fraction of sp³-hybridized carbons (Fsp3) is 0.409. The summed E-state index contributed by atoms with van der Waals surface area (Å²) in [7, 11) is -3.67. The number of nitrogens with one attached hydrogen (secondary N) is 1. The second-order valence-corrected chi connectivity index (χ2v) is 11.0. The van der Waals surface area contributed by atoms with Crippen molar-refractivity contribution in [3.05, 3.63) is 59.4 Å². The molecule has 2 aliphatic rings. The molecule has 2 aromatic carbocycles. The van der Waals surface area contributed by atoms with E-state index in [4.69, 9.17) is 4.74 Å². The van der Waals surface area contributed by atoms with Gasteiger partial charge in [-0.25, -0.2) is 12.8 Å². The number of hydrogen-bond donors (Lipinski definition) is 1. The third-order valence-electron chi connectivity index (χ3n) is 5.47. The van der Waals surface area contributed by atoms with Crippen molar-refractivity contribution in [2.75, 3.05) is 18.8 Å². The molecule has 0 aromatic heterocycles. The molecule has 4 rings (SSSR count). The number of thioether (sulfide) groups is 1. The molecule has 0 unspecified atom stereocenters. The number of fused-ring (bicyclic) bond motifs is 1. The average molecular weight is 465 g/mol. The molecule has 2 aromatic rings. The third kappa shape index (κ3) is 4.64. The fourth-order valence-electron chi connectivity index (χ4n) is 4.03. The molecule has 0 bridgehead atoms. The van der Waals surface area contributed by atoms with Crippen molar-refractivity contribution in [1.82, 2.24) is 9.62 Å². The van der Waals surface area contributed by atoms with E-state index >= 15 is 0 Å². The van der Waals surface area contributed by atoms with Crippen LogP contribution in [0.2, 0.25) is 0 Å². The van der Waals surface area contributed by atoms with Crippen molar-refractivity contribution in [3.63, 3.8) is 0 Å². The average Bonchev–Trinajstić information content (AvgIpc) is 2.74. The van der Waals surface area contributed by atoms with Gasteiger partial charge in [-0.2, -0.15) is 4.31 Å². The van der Waals surface area contributed by atoms with Crippen LogP contribution in [-0.2, 0) is 14.8 Å². The van der Waals surface area contributed by atoms with Gasteiger partial charge < -0.3 is 10.1 Å². The number of halogens is 1. The van der Waals surface area contributed by atoms with Crippen molar-refractivity contribution < 1.29 is 22.3 Å². The van der Waals surface area contributed by atoms with E-state index in [0.717, 1.165) is 5.56 Å². The highest BCUT2D eigenvalue weighted by atomic mass is 32.2. The summed E-state index contributed by atoms with van der Waals surface area (Å²) in [5, 5.41) is 2.96.